The van der Waals surface area contributed by atoms with Crippen LogP contribution in [-0.2, 0) is 10.0 Å². The summed E-state index contributed by atoms with van der Waals surface area (Å²) in [7, 11) is -2.41. The molecule has 2 heterocycles. The topological polar surface area (TPSA) is 63.2 Å². The summed E-state index contributed by atoms with van der Waals surface area (Å²) < 4.78 is 27.4. The van der Waals surface area contributed by atoms with Crippen molar-refractivity contribution < 1.29 is 8.42 Å². The molecule has 0 amide bonds. The molecule has 0 saturated heterocycles. The number of aromatic nitrogens is 2. The van der Waals surface area contributed by atoms with Crippen LogP contribution in [0.5, 0.6) is 0 Å². The van der Waals surface area contributed by atoms with Gasteiger partial charge in [-0.05, 0) is 37.3 Å². The van der Waals surface area contributed by atoms with Gasteiger partial charge in [-0.15, -0.1) is 0 Å². The van der Waals surface area contributed by atoms with Crippen LogP contribution in [0.3, 0.4) is 0 Å². The van der Waals surface area contributed by atoms with Gasteiger partial charge in [0.05, 0.1) is 10.2 Å². The summed E-state index contributed by atoms with van der Waals surface area (Å²) in [6, 6.07) is 8.28. The number of rotatable bonds is 3. The highest BCUT2D eigenvalue weighted by Gasteiger charge is 2.27. The van der Waals surface area contributed by atoms with Gasteiger partial charge in [0.2, 0.25) is 0 Å². The average Bonchev–Trinajstić information content (AvgIpc) is 2.88. The third-order valence-corrected chi connectivity index (χ3v) is 6.84. The van der Waals surface area contributed by atoms with Crippen molar-refractivity contribution in [2.24, 2.45) is 0 Å². The molecule has 2 aromatic heterocycles. The first-order chi connectivity index (χ1) is 10.8. The van der Waals surface area contributed by atoms with Crippen LogP contribution < -0.4 is 4.31 Å². The molecule has 0 atom stereocenters. The van der Waals surface area contributed by atoms with Gasteiger partial charge in [-0.25, -0.2) is 22.7 Å². The van der Waals surface area contributed by atoms with Gasteiger partial charge in [0.25, 0.3) is 10.0 Å². The Morgan fingerprint density at radius 1 is 1.13 bits per heavy atom. The molecule has 3 rings (SSSR count). The Balaban J connectivity index is 2.07. The van der Waals surface area contributed by atoms with E-state index in [4.69, 9.17) is 23.2 Å². The lowest BCUT2D eigenvalue weighted by Gasteiger charge is -2.16. The predicted octanol–water partition coefficient (Wildman–Crippen LogP) is 4.13. The van der Waals surface area contributed by atoms with Gasteiger partial charge < -0.3 is 0 Å². The lowest BCUT2D eigenvalue weighted by molar-refractivity contribution is 0.594. The highest BCUT2D eigenvalue weighted by molar-refractivity contribution is 7.93. The quantitative estimate of drug-likeness (QED) is 0.633. The molecule has 0 spiro atoms. The fraction of sp³-hybridized carbons (Fsp3) is 0.143. The molecule has 3 aromatic rings. The van der Waals surface area contributed by atoms with Gasteiger partial charge in [-0.1, -0.05) is 34.5 Å². The van der Waals surface area contributed by atoms with Gasteiger partial charge in [0.1, 0.15) is 10.0 Å². The summed E-state index contributed by atoms with van der Waals surface area (Å²) >= 11 is 13.2. The first-order valence-electron chi connectivity index (χ1n) is 6.47. The average molecular weight is 388 g/mol. The van der Waals surface area contributed by atoms with Gasteiger partial charge in [-0.2, -0.15) is 0 Å². The minimum Gasteiger partial charge on any atom is -0.244 e. The Kier molecular flexibility index (Phi) is 4.22. The molecule has 0 aliphatic heterocycles. The predicted molar refractivity (Wildman–Crippen MR) is 94.2 cm³/mol. The van der Waals surface area contributed by atoms with Crippen LogP contribution in [0.25, 0.3) is 10.2 Å². The molecule has 0 aliphatic rings. The molecule has 0 saturated carbocycles. The molecule has 0 aliphatic carbocycles. The number of anilines is 1. The molecule has 23 heavy (non-hydrogen) atoms. The molecule has 120 valence electrons. The second-order valence-electron chi connectivity index (χ2n) is 4.82. The fourth-order valence-corrected chi connectivity index (χ4v) is 4.89. The SMILES string of the molecule is Cc1ccc(S(=O)(=O)N(C)c2nc3cc(Cl)ccc3s2)c(Cl)n1. The molecule has 0 N–H and O–H groups in total. The number of thiazole rings is 1. The summed E-state index contributed by atoms with van der Waals surface area (Å²) in [6.45, 7) is 1.74. The van der Waals surface area contributed by atoms with Gasteiger partial charge in [-0.3, -0.25) is 0 Å². The standard InChI is InChI=1S/C14H11Cl2N3O2S2/c1-8-3-6-12(13(16)17-8)23(20,21)19(2)14-18-10-7-9(15)4-5-11(10)22-14/h3-7H,1-2H3. The van der Waals surface area contributed by atoms with Crippen molar-refractivity contribution in [1.82, 2.24) is 9.97 Å². The molecular weight excluding hydrogens is 377 g/mol. The summed E-state index contributed by atoms with van der Waals surface area (Å²) in [5.41, 5.74) is 1.29. The summed E-state index contributed by atoms with van der Waals surface area (Å²) in [6.07, 6.45) is 0. The molecular formula is C14H11Cl2N3O2S2. The maximum absolute atomic E-state index is 12.8. The maximum atomic E-state index is 12.8. The van der Waals surface area contributed by atoms with Crippen LogP contribution in [0.4, 0.5) is 5.13 Å². The molecule has 1 aromatic carbocycles. The zero-order valence-electron chi connectivity index (χ0n) is 12.1. The highest BCUT2D eigenvalue weighted by atomic mass is 35.5. The van der Waals surface area contributed by atoms with E-state index in [2.05, 4.69) is 9.97 Å². The van der Waals surface area contributed by atoms with E-state index >= 15 is 0 Å². The fourth-order valence-electron chi connectivity index (χ4n) is 1.98. The third kappa shape index (κ3) is 3.01. The van der Waals surface area contributed by atoms with Crippen molar-refractivity contribution in [3.05, 3.63) is 46.2 Å². The molecule has 0 unspecified atom stereocenters. The number of pyridine rings is 1. The number of hydrogen-bond acceptors (Lipinski definition) is 5. The van der Waals surface area contributed by atoms with E-state index in [1.165, 1.54) is 24.5 Å². The zero-order chi connectivity index (χ0) is 16.8. The molecule has 0 fully saturated rings. The van der Waals surface area contributed by atoms with Crippen molar-refractivity contribution >= 4 is 59.9 Å². The maximum Gasteiger partial charge on any atom is 0.268 e. The summed E-state index contributed by atoms with van der Waals surface area (Å²) in [4.78, 5) is 8.27. The van der Waals surface area contributed by atoms with E-state index in [0.29, 0.717) is 21.4 Å². The summed E-state index contributed by atoms with van der Waals surface area (Å²) in [5.74, 6) is 0. The molecule has 5 nitrogen and oxygen atoms in total. The number of fused-ring (bicyclic) bond motifs is 1. The van der Waals surface area contributed by atoms with Crippen molar-refractivity contribution in [2.45, 2.75) is 11.8 Å². The Bertz CT molecular complexity index is 1000. The van der Waals surface area contributed by atoms with Crippen LogP contribution in [-0.4, -0.2) is 25.4 Å². The van der Waals surface area contributed by atoms with E-state index in [1.807, 2.05) is 0 Å². The van der Waals surface area contributed by atoms with Crippen LogP contribution in [0.15, 0.2) is 35.2 Å². The zero-order valence-corrected chi connectivity index (χ0v) is 15.3. The number of benzene rings is 1. The first kappa shape index (κ1) is 16.4. The van der Waals surface area contributed by atoms with E-state index in [-0.39, 0.29) is 10.0 Å². The van der Waals surface area contributed by atoms with E-state index in [1.54, 1.807) is 31.2 Å². The normalized spacial score (nSPS) is 11.8. The van der Waals surface area contributed by atoms with Crippen molar-refractivity contribution in [3.8, 4) is 0 Å². The number of hydrogen-bond donors (Lipinski definition) is 0. The first-order valence-corrected chi connectivity index (χ1v) is 9.48. The lowest BCUT2D eigenvalue weighted by atomic mass is 10.3. The van der Waals surface area contributed by atoms with Gasteiger partial charge in [0, 0.05) is 17.8 Å². The van der Waals surface area contributed by atoms with Crippen LogP contribution in [0.2, 0.25) is 10.2 Å². The second kappa shape index (κ2) is 5.90. The van der Waals surface area contributed by atoms with E-state index in [9.17, 15) is 8.42 Å². The minimum absolute atomic E-state index is 0.0513. The lowest BCUT2D eigenvalue weighted by Crippen LogP contribution is -2.26. The van der Waals surface area contributed by atoms with Gasteiger partial charge >= 0.3 is 0 Å². The highest BCUT2D eigenvalue weighted by Crippen LogP contribution is 2.33. The van der Waals surface area contributed by atoms with E-state index in [0.717, 1.165) is 9.01 Å². The van der Waals surface area contributed by atoms with Crippen LogP contribution in [0.1, 0.15) is 5.69 Å². The minimum atomic E-state index is -3.84. The molecule has 0 bridgehead atoms. The Morgan fingerprint density at radius 2 is 1.87 bits per heavy atom. The largest absolute Gasteiger partial charge is 0.268 e. The smallest absolute Gasteiger partial charge is 0.244 e. The number of halogens is 2. The van der Waals surface area contributed by atoms with E-state index < -0.39 is 10.0 Å². The second-order valence-corrected chi connectivity index (χ2v) is 8.56. The van der Waals surface area contributed by atoms with Crippen molar-refractivity contribution in [3.63, 3.8) is 0 Å². The Labute approximate surface area is 147 Å². The van der Waals surface area contributed by atoms with Crippen LogP contribution >= 0.6 is 34.5 Å². The number of nitrogens with zero attached hydrogens (tertiary/aromatic N) is 3. The summed E-state index contributed by atoms with van der Waals surface area (Å²) in [5, 5.41) is 0.825. The van der Waals surface area contributed by atoms with Crippen molar-refractivity contribution in [1.29, 1.82) is 0 Å². The third-order valence-electron chi connectivity index (χ3n) is 3.20. The van der Waals surface area contributed by atoms with Crippen molar-refractivity contribution in [2.75, 3.05) is 11.4 Å². The monoisotopic (exact) mass is 387 g/mol. The Morgan fingerprint density at radius 3 is 2.57 bits per heavy atom. The van der Waals surface area contributed by atoms with Gasteiger partial charge in [0.15, 0.2) is 5.13 Å². The number of sulfonamides is 1. The molecule has 9 heteroatoms. The molecule has 0 radical (unpaired) electrons. The van der Waals surface area contributed by atoms with Crippen LogP contribution in [0, 0.1) is 6.92 Å². The number of aryl methyl sites for hydroxylation is 1. The Hall–Kier alpha value is -1.41.